The summed E-state index contributed by atoms with van der Waals surface area (Å²) in [7, 11) is 1.52. The molecular formula is C27H33ClN4O4. The van der Waals surface area contributed by atoms with Gasteiger partial charge in [-0.1, -0.05) is 54.8 Å². The fraction of sp³-hybridized carbons (Fsp3) is 0.444. The summed E-state index contributed by atoms with van der Waals surface area (Å²) in [6.07, 6.45) is 3.69. The summed E-state index contributed by atoms with van der Waals surface area (Å²) in [6, 6.07) is 13.3. The van der Waals surface area contributed by atoms with Crippen molar-refractivity contribution in [1.29, 1.82) is 0 Å². The maximum atomic E-state index is 13.4. The SMILES string of the molecule is COc1cc(Cl)ccc1C(=O)N1CCN([C@@H]2CCCC[C@H]2C(=O)N[C@H](C(N)=O)c2ccccc2)CC1. The van der Waals surface area contributed by atoms with Crippen molar-refractivity contribution in [2.24, 2.45) is 11.7 Å². The minimum Gasteiger partial charge on any atom is -0.496 e. The molecule has 36 heavy (non-hydrogen) atoms. The van der Waals surface area contributed by atoms with Crippen molar-refractivity contribution in [3.8, 4) is 5.75 Å². The largest absolute Gasteiger partial charge is 0.496 e. The summed E-state index contributed by atoms with van der Waals surface area (Å²) in [5.41, 5.74) is 6.79. The van der Waals surface area contributed by atoms with Gasteiger partial charge in [0.05, 0.1) is 18.6 Å². The van der Waals surface area contributed by atoms with Crippen molar-refractivity contribution in [3.63, 3.8) is 0 Å². The Kier molecular flexibility index (Phi) is 8.48. The molecule has 1 aliphatic carbocycles. The van der Waals surface area contributed by atoms with Crippen LogP contribution in [0.4, 0.5) is 0 Å². The Balaban J connectivity index is 1.41. The van der Waals surface area contributed by atoms with Crippen LogP contribution in [-0.4, -0.2) is 66.9 Å². The molecule has 1 saturated heterocycles. The van der Waals surface area contributed by atoms with E-state index in [2.05, 4.69) is 10.2 Å². The summed E-state index contributed by atoms with van der Waals surface area (Å²) in [5.74, 6) is -0.582. The second-order valence-corrected chi connectivity index (χ2v) is 9.82. The number of nitrogens with one attached hydrogen (secondary N) is 1. The Morgan fingerprint density at radius 2 is 1.72 bits per heavy atom. The van der Waals surface area contributed by atoms with Crippen LogP contribution in [0.15, 0.2) is 48.5 Å². The van der Waals surface area contributed by atoms with Gasteiger partial charge in [0.25, 0.3) is 5.91 Å². The van der Waals surface area contributed by atoms with Crippen LogP contribution in [0.3, 0.4) is 0 Å². The highest BCUT2D eigenvalue weighted by molar-refractivity contribution is 6.30. The predicted molar refractivity (Wildman–Crippen MR) is 138 cm³/mol. The van der Waals surface area contributed by atoms with Gasteiger partial charge < -0.3 is 20.7 Å². The van der Waals surface area contributed by atoms with E-state index < -0.39 is 11.9 Å². The number of piperazine rings is 1. The van der Waals surface area contributed by atoms with E-state index in [1.807, 2.05) is 23.1 Å². The van der Waals surface area contributed by atoms with Gasteiger partial charge in [-0.15, -0.1) is 0 Å². The zero-order valence-electron chi connectivity index (χ0n) is 20.5. The fourth-order valence-corrected chi connectivity index (χ4v) is 5.50. The molecule has 0 unspecified atom stereocenters. The first kappa shape index (κ1) is 26.0. The van der Waals surface area contributed by atoms with Crippen LogP contribution in [0.5, 0.6) is 5.75 Å². The molecule has 3 atom stereocenters. The van der Waals surface area contributed by atoms with Gasteiger partial charge in [0, 0.05) is 37.2 Å². The van der Waals surface area contributed by atoms with Gasteiger partial charge in [0.15, 0.2) is 0 Å². The van der Waals surface area contributed by atoms with Gasteiger partial charge >= 0.3 is 0 Å². The molecule has 3 amide bonds. The second kappa shape index (κ2) is 11.8. The Morgan fingerprint density at radius 1 is 1.03 bits per heavy atom. The van der Waals surface area contributed by atoms with Gasteiger partial charge in [-0.05, 0) is 36.6 Å². The van der Waals surface area contributed by atoms with Gasteiger partial charge in [-0.25, -0.2) is 0 Å². The summed E-state index contributed by atoms with van der Waals surface area (Å²) < 4.78 is 5.36. The van der Waals surface area contributed by atoms with E-state index in [0.29, 0.717) is 48.1 Å². The quantitative estimate of drug-likeness (QED) is 0.593. The van der Waals surface area contributed by atoms with Gasteiger partial charge in [-0.3, -0.25) is 19.3 Å². The Morgan fingerprint density at radius 3 is 2.39 bits per heavy atom. The number of rotatable bonds is 7. The van der Waals surface area contributed by atoms with Gasteiger partial charge in [0.2, 0.25) is 11.8 Å². The highest BCUT2D eigenvalue weighted by Crippen LogP contribution is 2.31. The van der Waals surface area contributed by atoms with Crippen LogP contribution < -0.4 is 15.8 Å². The average molecular weight is 513 g/mol. The zero-order chi connectivity index (χ0) is 25.7. The third kappa shape index (κ3) is 5.82. The molecular weight excluding hydrogens is 480 g/mol. The molecule has 1 saturated carbocycles. The number of primary amides is 1. The number of benzene rings is 2. The molecule has 2 aromatic rings. The predicted octanol–water partition coefficient (Wildman–Crippen LogP) is 3.01. The minimum atomic E-state index is -0.856. The van der Waals surface area contributed by atoms with Crippen LogP contribution >= 0.6 is 11.6 Å². The standard InChI is InChI=1S/C27H33ClN4O4/c1-36-23-17-19(28)11-12-21(23)27(35)32-15-13-31(14-16-32)22-10-6-5-9-20(22)26(34)30-24(25(29)33)18-7-3-2-4-8-18/h2-4,7-8,11-12,17,20,22,24H,5-6,9-10,13-16H2,1H3,(H2,29,33)(H,30,34)/t20-,22-,24+/m1/s1. The lowest BCUT2D eigenvalue weighted by Crippen LogP contribution is -2.56. The first-order valence-corrected chi connectivity index (χ1v) is 12.8. The summed E-state index contributed by atoms with van der Waals surface area (Å²) in [5, 5.41) is 3.42. The van der Waals surface area contributed by atoms with Crippen molar-refractivity contribution in [2.75, 3.05) is 33.3 Å². The number of carbonyl (C=O) groups is 3. The number of nitrogens with zero attached hydrogens (tertiary/aromatic N) is 2. The fourth-order valence-electron chi connectivity index (χ4n) is 5.34. The van der Waals surface area contributed by atoms with Crippen LogP contribution in [0, 0.1) is 5.92 Å². The summed E-state index contributed by atoms with van der Waals surface area (Å²) in [6.45, 7) is 2.47. The maximum absolute atomic E-state index is 13.4. The number of nitrogens with two attached hydrogens (primary N) is 1. The van der Waals surface area contributed by atoms with Crippen molar-refractivity contribution in [2.45, 2.75) is 37.8 Å². The van der Waals surface area contributed by atoms with Crippen molar-refractivity contribution in [3.05, 3.63) is 64.7 Å². The van der Waals surface area contributed by atoms with E-state index >= 15 is 0 Å². The minimum absolute atomic E-state index is 0.0605. The van der Waals surface area contributed by atoms with E-state index in [1.54, 1.807) is 30.3 Å². The Labute approximate surface area is 216 Å². The molecule has 3 N–H and O–H groups in total. The number of hydrogen-bond acceptors (Lipinski definition) is 5. The second-order valence-electron chi connectivity index (χ2n) is 9.39. The molecule has 0 bridgehead atoms. The van der Waals surface area contributed by atoms with E-state index in [9.17, 15) is 14.4 Å². The van der Waals surface area contributed by atoms with Crippen molar-refractivity contribution >= 4 is 29.3 Å². The molecule has 8 nitrogen and oxygen atoms in total. The molecule has 1 aliphatic heterocycles. The smallest absolute Gasteiger partial charge is 0.257 e. The average Bonchev–Trinajstić information content (AvgIpc) is 2.91. The first-order chi connectivity index (χ1) is 17.4. The zero-order valence-corrected chi connectivity index (χ0v) is 21.2. The monoisotopic (exact) mass is 512 g/mol. The summed E-state index contributed by atoms with van der Waals surface area (Å²) >= 11 is 6.04. The number of methoxy groups -OCH3 is 1. The van der Waals surface area contributed by atoms with Crippen molar-refractivity contribution in [1.82, 2.24) is 15.1 Å². The molecule has 2 aromatic carbocycles. The van der Waals surface area contributed by atoms with Crippen molar-refractivity contribution < 1.29 is 19.1 Å². The topological polar surface area (TPSA) is 105 Å². The lowest BCUT2D eigenvalue weighted by atomic mass is 9.82. The molecule has 0 aromatic heterocycles. The number of halogens is 1. The highest BCUT2D eigenvalue weighted by Gasteiger charge is 2.38. The lowest BCUT2D eigenvalue weighted by Gasteiger charge is -2.44. The van der Waals surface area contributed by atoms with Crippen LogP contribution in [-0.2, 0) is 9.59 Å². The lowest BCUT2D eigenvalue weighted by molar-refractivity contribution is -0.133. The molecule has 9 heteroatoms. The molecule has 1 heterocycles. The first-order valence-electron chi connectivity index (χ1n) is 12.4. The third-order valence-electron chi connectivity index (χ3n) is 7.23. The number of carbonyl (C=O) groups excluding carboxylic acids is 3. The Hall–Kier alpha value is -3.10. The van der Waals surface area contributed by atoms with Gasteiger partial charge in [0.1, 0.15) is 11.8 Å². The molecule has 192 valence electrons. The third-order valence-corrected chi connectivity index (χ3v) is 7.47. The van der Waals surface area contributed by atoms with Crippen LogP contribution in [0.25, 0.3) is 0 Å². The van der Waals surface area contributed by atoms with E-state index in [4.69, 9.17) is 22.1 Å². The number of hydrogen-bond donors (Lipinski definition) is 2. The number of amides is 3. The van der Waals surface area contributed by atoms with Crippen LogP contribution in [0.2, 0.25) is 5.02 Å². The molecule has 0 spiro atoms. The molecule has 0 radical (unpaired) electrons. The highest BCUT2D eigenvalue weighted by atomic mass is 35.5. The molecule has 2 aliphatic rings. The van der Waals surface area contributed by atoms with E-state index in [1.165, 1.54) is 7.11 Å². The molecule has 4 rings (SSSR count). The normalized spacial score (nSPS) is 21.4. The number of ether oxygens (including phenoxy) is 1. The van der Waals surface area contributed by atoms with Crippen LogP contribution in [0.1, 0.15) is 47.6 Å². The maximum Gasteiger partial charge on any atom is 0.257 e. The Bertz CT molecular complexity index is 1090. The summed E-state index contributed by atoms with van der Waals surface area (Å²) in [4.78, 5) is 42.8. The van der Waals surface area contributed by atoms with Gasteiger partial charge in [-0.2, -0.15) is 0 Å². The van der Waals surface area contributed by atoms with E-state index in [-0.39, 0.29) is 23.8 Å². The molecule has 2 fully saturated rings. The van der Waals surface area contributed by atoms with E-state index in [0.717, 1.165) is 25.7 Å².